The molecule has 0 amide bonds. The van der Waals surface area contributed by atoms with Gasteiger partial charge in [0.1, 0.15) is 6.29 Å². The molecule has 0 aromatic heterocycles. The van der Waals surface area contributed by atoms with Crippen molar-refractivity contribution in [1.82, 2.24) is 0 Å². The molecular weight excluding hydrogens is 232 g/mol. The van der Waals surface area contributed by atoms with Crippen molar-refractivity contribution >= 4 is 28.0 Å². The first kappa shape index (κ1) is 9.38. The fourth-order valence-corrected chi connectivity index (χ4v) is 4.05. The normalized spacial score (nSPS) is 46.8. The number of fused-ring (bicyclic) bond motifs is 2. The molecule has 2 aliphatic carbocycles. The predicted octanol–water partition coefficient (Wildman–Crippen LogP) is 2.10. The first-order valence-electron chi connectivity index (χ1n) is 4.58. The Labute approximate surface area is 86.2 Å². The van der Waals surface area contributed by atoms with Gasteiger partial charge in [-0.2, -0.15) is 0 Å². The first-order chi connectivity index (χ1) is 5.88. The fraction of sp³-hybridized carbons (Fsp3) is 0.800. The van der Waals surface area contributed by atoms with Gasteiger partial charge in [0.2, 0.25) is 0 Å². The highest BCUT2D eigenvalue weighted by Gasteiger charge is 2.69. The second kappa shape index (κ2) is 2.25. The van der Waals surface area contributed by atoms with Crippen LogP contribution in [0.25, 0.3) is 0 Å². The van der Waals surface area contributed by atoms with Crippen molar-refractivity contribution in [3.8, 4) is 0 Å². The van der Waals surface area contributed by atoms with E-state index in [0.717, 1.165) is 19.1 Å². The number of carbonyl (C=O) groups excluding carboxylic acids is 2. The van der Waals surface area contributed by atoms with Crippen molar-refractivity contribution in [3.63, 3.8) is 0 Å². The molecule has 0 aliphatic heterocycles. The molecule has 0 heterocycles. The van der Waals surface area contributed by atoms with Crippen LogP contribution in [0.5, 0.6) is 0 Å². The zero-order valence-corrected chi connectivity index (χ0v) is 9.48. The molecule has 0 unspecified atom stereocenters. The molecule has 2 atom stereocenters. The summed E-state index contributed by atoms with van der Waals surface area (Å²) in [6.07, 6.45) is 3.35. The highest BCUT2D eigenvalue weighted by molar-refractivity contribution is 9.10. The maximum Gasteiger partial charge on any atom is 0.156 e. The summed E-state index contributed by atoms with van der Waals surface area (Å²) in [6.45, 7) is 3.79. The molecule has 0 aromatic carbocycles. The monoisotopic (exact) mass is 244 g/mol. The second-order valence-corrected chi connectivity index (χ2v) is 6.39. The van der Waals surface area contributed by atoms with Crippen molar-refractivity contribution in [2.24, 2.45) is 10.8 Å². The quantitative estimate of drug-likeness (QED) is 0.523. The first-order valence-corrected chi connectivity index (χ1v) is 5.37. The van der Waals surface area contributed by atoms with E-state index < -0.39 is 15.2 Å². The van der Waals surface area contributed by atoms with Crippen molar-refractivity contribution in [2.75, 3.05) is 0 Å². The van der Waals surface area contributed by atoms with Gasteiger partial charge in [-0.05, 0) is 19.3 Å². The van der Waals surface area contributed by atoms with Gasteiger partial charge in [-0.25, -0.2) is 0 Å². The largest absolute Gasteiger partial charge is 0.303 e. The summed E-state index contributed by atoms with van der Waals surface area (Å²) in [4.78, 5) is 23.1. The molecule has 2 aliphatic rings. The molecule has 2 fully saturated rings. The lowest BCUT2D eigenvalue weighted by Crippen LogP contribution is -2.43. The van der Waals surface area contributed by atoms with Crippen LogP contribution in [0.4, 0.5) is 0 Å². The number of Topliss-reactive ketones (excluding diaryl/α,β-unsaturated/α-hetero) is 1. The number of ketones is 1. The molecule has 3 heteroatoms. The van der Waals surface area contributed by atoms with E-state index in [0.29, 0.717) is 6.42 Å². The van der Waals surface area contributed by atoms with E-state index in [2.05, 4.69) is 15.9 Å². The van der Waals surface area contributed by atoms with Gasteiger partial charge >= 0.3 is 0 Å². The molecule has 0 spiro atoms. The molecule has 0 N–H and O–H groups in total. The van der Waals surface area contributed by atoms with Gasteiger partial charge in [0.05, 0.1) is 4.32 Å². The highest BCUT2D eigenvalue weighted by Crippen LogP contribution is 2.65. The predicted molar refractivity (Wildman–Crippen MR) is 52.8 cm³/mol. The molecule has 2 nitrogen and oxygen atoms in total. The van der Waals surface area contributed by atoms with E-state index in [1.807, 2.05) is 13.8 Å². The number of halogens is 1. The van der Waals surface area contributed by atoms with Gasteiger partial charge in [-0.15, -0.1) is 0 Å². The van der Waals surface area contributed by atoms with Crippen LogP contribution in [0.1, 0.15) is 33.1 Å². The second-order valence-electron chi connectivity index (χ2n) is 4.87. The molecule has 0 saturated heterocycles. The third-order valence-corrected chi connectivity index (χ3v) is 5.04. The van der Waals surface area contributed by atoms with Crippen molar-refractivity contribution < 1.29 is 9.59 Å². The Morgan fingerprint density at radius 3 is 2.31 bits per heavy atom. The zero-order chi connectivity index (χ0) is 9.91. The number of carbonyl (C=O) groups is 2. The minimum Gasteiger partial charge on any atom is -0.303 e. The molecule has 0 aromatic rings. The molecule has 72 valence electrons. The summed E-state index contributed by atoms with van der Waals surface area (Å²) in [6, 6.07) is 0. The minimum atomic E-state index is -0.476. The minimum absolute atomic E-state index is 0.207. The Kier molecular flexibility index (Phi) is 1.62. The van der Waals surface area contributed by atoms with Crippen LogP contribution in [0.2, 0.25) is 0 Å². The van der Waals surface area contributed by atoms with Crippen LogP contribution in [0.15, 0.2) is 0 Å². The van der Waals surface area contributed by atoms with Crippen LogP contribution in [-0.2, 0) is 9.59 Å². The summed E-state index contributed by atoms with van der Waals surface area (Å²) in [5.41, 5.74) is -0.871. The average Bonchev–Trinajstić information content (AvgIpc) is 2.49. The van der Waals surface area contributed by atoms with Crippen LogP contribution < -0.4 is 0 Å². The summed E-state index contributed by atoms with van der Waals surface area (Å²) < 4.78 is -0.391. The summed E-state index contributed by atoms with van der Waals surface area (Å²) >= 11 is 3.50. The van der Waals surface area contributed by atoms with E-state index in [9.17, 15) is 9.59 Å². The molecule has 2 saturated carbocycles. The Bertz CT molecular complexity index is 297. The van der Waals surface area contributed by atoms with E-state index >= 15 is 0 Å². The Morgan fingerprint density at radius 2 is 2.00 bits per heavy atom. The topological polar surface area (TPSA) is 34.1 Å². The third kappa shape index (κ3) is 0.841. The summed E-state index contributed by atoms with van der Waals surface area (Å²) in [7, 11) is 0. The van der Waals surface area contributed by atoms with Crippen molar-refractivity contribution in [1.29, 1.82) is 0 Å². The lowest BCUT2D eigenvalue weighted by molar-refractivity contribution is -0.136. The van der Waals surface area contributed by atoms with Gasteiger partial charge in [0, 0.05) is 10.8 Å². The number of alkyl halides is 1. The molecule has 2 bridgehead atoms. The smallest absolute Gasteiger partial charge is 0.156 e. The highest BCUT2D eigenvalue weighted by atomic mass is 79.9. The third-order valence-electron chi connectivity index (χ3n) is 4.01. The number of aldehydes is 1. The van der Waals surface area contributed by atoms with Gasteiger partial charge in [-0.3, -0.25) is 4.79 Å². The van der Waals surface area contributed by atoms with Gasteiger partial charge in [0.15, 0.2) is 5.78 Å². The standard InChI is InChI=1S/C10H13BrO2/c1-8(2)7(13)10(11)4-3-9(8,5-10)6-12/h6H,3-5H2,1-2H3/t9-,10-/m1/s1. The molecular formula is C10H13BrO2. The van der Waals surface area contributed by atoms with E-state index in [1.54, 1.807) is 0 Å². The maximum absolute atomic E-state index is 12.0. The Hall–Kier alpha value is -0.180. The van der Waals surface area contributed by atoms with Gasteiger partial charge in [0.25, 0.3) is 0 Å². The van der Waals surface area contributed by atoms with Crippen LogP contribution in [0, 0.1) is 10.8 Å². The van der Waals surface area contributed by atoms with Crippen molar-refractivity contribution in [2.45, 2.75) is 37.4 Å². The van der Waals surface area contributed by atoms with Crippen LogP contribution in [0.3, 0.4) is 0 Å². The molecule has 0 radical (unpaired) electrons. The number of hydrogen-bond donors (Lipinski definition) is 0. The summed E-state index contributed by atoms with van der Waals surface area (Å²) in [5.74, 6) is 0.207. The SMILES string of the molecule is CC1(C)C(=O)[C@@]2(Br)CC[C@]1(C=O)C2. The van der Waals surface area contributed by atoms with E-state index in [1.165, 1.54) is 0 Å². The lowest BCUT2D eigenvalue weighted by atomic mass is 9.65. The van der Waals surface area contributed by atoms with Gasteiger partial charge in [-0.1, -0.05) is 29.8 Å². The summed E-state index contributed by atoms with van der Waals surface area (Å²) in [5, 5.41) is 0. The fourth-order valence-electron chi connectivity index (χ4n) is 2.86. The Morgan fingerprint density at radius 1 is 1.38 bits per heavy atom. The lowest BCUT2D eigenvalue weighted by Gasteiger charge is -2.36. The number of rotatable bonds is 1. The van der Waals surface area contributed by atoms with Crippen molar-refractivity contribution in [3.05, 3.63) is 0 Å². The van der Waals surface area contributed by atoms with Gasteiger partial charge < -0.3 is 4.79 Å². The Balaban J connectivity index is 2.55. The maximum atomic E-state index is 12.0. The van der Waals surface area contributed by atoms with Crippen LogP contribution in [-0.4, -0.2) is 16.4 Å². The zero-order valence-electron chi connectivity index (χ0n) is 7.89. The molecule has 13 heavy (non-hydrogen) atoms. The van der Waals surface area contributed by atoms with E-state index in [4.69, 9.17) is 0 Å². The average molecular weight is 245 g/mol. The van der Waals surface area contributed by atoms with E-state index in [-0.39, 0.29) is 5.78 Å². The molecule has 2 rings (SSSR count). The number of hydrogen-bond acceptors (Lipinski definition) is 2. The van der Waals surface area contributed by atoms with Crippen LogP contribution >= 0.6 is 15.9 Å².